The number of hydrogen-bond donors (Lipinski definition) is 1. The maximum absolute atomic E-state index is 12.7. The maximum Gasteiger partial charge on any atom is 0.287 e. The van der Waals surface area contributed by atoms with Crippen molar-refractivity contribution in [3.05, 3.63) is 69.9 Å². The summed E-state index contributed by atoms with van der Waals surface area (Å²) in [6.07, 6.45) is 4.65. The smallest absolute Gasteiger partial charge is 0.287 e. The number of nitrogens with zero attached hydrogens (tertiary/aromatic N) is 2. The van der Waals surface area contributed by atoms with Crippen LogP contribution in [-0.4, -0.2) is 21.5 Å². The minimum absolute atomic E-state index is 0.0424. The van der Waals surface area contributed by atoms with Crippen LogP contribution in [0.25, 0.3) is 5.69 Å². The fraction of sp³-hybridized carbons (Fsp3) is 0.318. The lowest BCUT2D eigenvalue weighted by Gasteiger charge is -2.27. The Kier molecular flexibility index (Phi) is 4.82. The van der Waals surface area contributed by atoms with Gasteiger partial charge in [-0.3, -0.25) is 9.59 Å². The largest absolute Gasteiger partial charge is 0.455 e. The van der Waals surface area contributed by atoms with E-state index < -0.39 is 0 Å². The van der Waals surface area contributed by atoms with E-state index in [-0.39, 0.29) is 22.9 Å². The van der Waals surface area contributed by atoms with Crippen molar-refractivity contribution >= 4 is 23.3 Å². The van der Waals surface area contributed by atoms with Crippen molar-refractivity contribution in [3.8, 4) is 5.69 Å². The summed E-state index contributed by atoms with van der Waals surface area (Å²) >= 11 is 5.92. The molecule has 0 bridgehead atoms. The van der Waals surface area contributed by atoms with Gasteiger partial charge in [0.25, 0.3) is 5.91 Å². The average Bonchev–Trinajstić information content (AvgIpc) is 3.24. The standard InChI is InChI=1S/C22H22ClN3O3/c1-13-19-17(27)8-22(2,3)9-18(19)29-20(13)21(28)24-10-14-11-25-26(12-14)16-6-4-15(23)5-7-16/h4-7,11-12H,8-10H2,1-3H3,(H,24,28). The fourth-order valence-electron chi connectivity index (χ4n) is 3.75. The first-order valence-electron chi connectivity index (χ1n) is 9.47. The number of ketones is 1. The molecule has 0 saturated heterocycles. The average molecular weight is 412 g/mol. The summed E-state index contributed by atoms with van der Waals surface area (Å²) in [7, 11) is 0. The zero-order valence-electron chi connectivity index (χ0n) is 16.6. The Morgan fingerprint density at radius 1 is 1.28 bits per heavy atom. The molecule has 0 fully saturated rings. The van der Waals surface area contributed by atoms with Gasteiger partial charge in [-0.05, 0) is 36.6 Å². The highest BCUT2D eigenvalue weighted by Crippen LogP contribution is 2.38. The number of furan rings is 1. The van der Waals surface area contributed by atoms with E-state index in [2.05, 4.69) is 10.4 Å². The van der Waals surface area contributed by atoms with E-state index in [1.807, 2.05) is 32.2 Å². The lowest BCUT2D eigenvalue weighted by atomic mass is 9.76. The third-order valence-electron chi connectivity index (χ3n) is 5.16. The molecule has 1 aliphatic rings. The predicted octanol–water partition coefficient (Wildman–Crippen LogP) is 4.51. The Morgan fingerprint density at radius 2 is 2.00 bits per heavy atom. The van der Waals surface area contributed by atoms with Gasteiger partial charge in [0, 0.05) is 41.7 Å². The van der Waals surface area contributed by atoms with Crippen LogP contribution in [0.5, 0.6) is 0 Å². The van der Waals surface area contributed by atoms with E-state index in [0.29, 0.717) is 41.3 Å². The Labute approximate surface area is 173 Å². The highest BCUT2D eigenvalue weighted by Gasteiger charge is 2.37. The molecule has 1 aliphatic carbocycles. The zero-order chi connectivity index (χ0) is 20.8. The third-order valence-corrected chi connectivity index (χ3v) is 5.42. The summed E-state index contributed by atoms with van der Waals surface area (Å²) in [5, 5.41) is 7.83. The predicted molar refractivity (Wildman–Crippen MR) is 110 cm³/mol. The SMILES string of the molecule is Cc1c(C(=O)NCc2cnn(-c3ccc(Cl)cc3)c2)oc2c1C(=O)CC(C)(C)C2. The van der Waals surface area contributed by atoms with E-state index in [1.165, 1.54) is 0 Å². The van der Waals surface area contributed by atoms with Gasteiger partial charge in [-0.15, -0.1) is 0 Å². The molecule has 150 valence electrons. The first-order chi connectivity index (χ1) is 13.7. The molecule has 6 nitrogen and oxygen atoms in total. The Morgan fingerprint density at radius 3 is 2.72 bits per heavy atom. The van der Waals surface area contributed by atoms with Gasteiger partial charge in [0.15, 0.2) is 11.5 Å². The zero-order valence-corrected chi connectivity index (χ0v) is 17.3. The van der Waals surface area contributed by atoms with E-state index in [0.717, 1.165) is 11.3 Å². The number of aromatic nitrogens is 2. The summed E-state index contributed by atoms with van der Waals surface area (Å²) < 4.78 is 7.53. The van der Waals surface area contributed by atoms with Gasteiger partial charge >= 0.3 is 0 Å². The molecule has 0 radical (unpaired) electrons. The lowest BCUT2D eigenvalue weighted by molar-refractivity contribution is 0.0888. The number of Topliss-reactive ketones (excluding diaryl/α,β-unsaturated/α-hetero) is 1. The van der Waals surface area contributed by atoms with Crippen LogP contribution in [0.1, 0.15) is 58.1 Å². The van der Waals surface area contributed by atoms with E-state index in [4.69, 9.17) is 16.0 Å². The lowest BCUT2D eigenvalue weighted by Crippen LogP contribution is -2.26. The highest BCUT2D eigenvalue weighted by atomic mass is 35.5. The van der Waals surface area contributed by atoms with Gasteiger partial charge in [-0.25, -0.2) is 4.68 Å². The minimum atomic E-state index is -0.332. The molecule has 2 aromatic heterocycles. The molecule has 2 heterocycles. The van der Waals surface area contributed by atoms with Crippen LogP contribution >= 0.6 is 11.6 Å². The van der Waals surface area contributed by atoms with Crippen molar-refractivity contribution < 1.29 is 14.0 Å². The molecule has 0 unspecified atom stereocenters. The molecule has 0 atom stereocenters. The van der Waals surface area contributed by atoms with Crippen LogP contribution in [-0.2, 0) is 13.0 Å². The molecule has 3 aromatic rings. The molecule has 0 aliphatic heterocycles. The van der Waals surface area contributed by atoms with Crippen LogP contribution < -0.4 is 5.32 Å². The van der Waals surface area contributed by atoms with Gasteiger partial charge in [-0.2, -0.15) is 5.10 Å². The van der Waals surface area contributed by atoms with E-state index >= 15 is 0 Å². The van der Waals surface area contributed by atoms with Crippen molar-refractivity contribution in [3.63, 3.8) is 0 Å². The van der Waals surface area contributed by atoms with Crippen LogP contribution in [0, 0.1) is 12.3 Å². The molecular weight excluding hydrogens is 390 g/mol. The molecule has 0 spiro atoms. The summed E-state index contributed by atoms with van der Waals surface area (Å²) in [4.78, 5) is 25.2. The van der Waals surface area contributed by atoms with Crippen LogP contribution in [0.15, 0.2) is 41.1 Å². The maximum atomic E-state index is 12.7. The second-order valence-electron chi connectivity index (χ2n) is 8.25. The Hall–Kier alpha value is -2.86. The molecule has 4 rings (SSSR count). The molecule has 1 N–H and O–H groups in total. The monoisotopic (exact) mass is 411 g/mol. The third kappa shape index (κ3) is 3.85. The van der Waals surface area contributed by atoms with Crippen molar-refractivity contribution in [1.82, 2.24) is 15.1 Å². The van der Waals surface area contributed by atoms with Gasteiger partial charge in [0.1, 0.15) is 5.76 Å². The normalized spacial score (nSPS) is 15.2. The fourth-order valence-corrected chi connectivity index (χ4v) is 3.87. The van der Waals surface area contributed by atoms with Crippen molar-refractivity contribution in [2.45, 2.75) is 40.2 Å². The van der Waals surface area contributed by atoms with Gasteiger partial charge in [-0.1, -0.05) is 25.4 Å². The number of halogens is 1. The number of amides is 1. The first kappa shape index (κ1) is 19.5. The highest BCUT2D eigenvalue weighted by molar-refractivity contribution is 6.30. The van der Waals surface area contributed by atoms with Crippen LogP contribution in [0.3, 0.4) is 0 Å². The Balaban J connectivity index is 1.47. The van der Waals surface area contributed by atoms with Crippen molar-refractivity contribution in [1.29, 1.82) is 0 Å². The van der Waals surface area contributed by atoms with Crippen molar-refractivity contribution in [2.24, 2.45) is 5.41 Å². The Bertz CT molecular complexity index is 1090. The number of fused-ring (bicyclic) bond motifs is 1. The molecule has 0 saturated carbocycles. The molecule has 29 heavy (non-hydrogen) atoms. The van der Waals surface area contributed by atoms with E-state index in [9.17, 15) is 9.59 Å². The second-order valence-corrected chi connectivity index (χ2v) is 8.68. The van der Waals surface area contributed by atoms with Gasteiger partial charge in [0.2, 0.25) is 0 Å². The van der Waals surface area contributed by atoms with Gasteiger partial charge < -0.3 is 9.73 Å². The number of carbonyl (C=O) groups is 2. The summed E-state index contributed by atoms with van der Waals surface area (Å²) in [6, 6.07) is 7.33. The molecular formula is C22H22ClN3O3. The van der Waals surface area contributed by atoms with Crippen LogP contribution in [0.4, 0.5) is 0 Å². The van der Waals surface area contributed by atoms with E-state index in [1.54, 1.807) is 29.9 Å². The number of carbonyl (C=O) groups excluding carboxylic acids is 2. The van der Waals surface area contributed by atoms with Crippen LogP contribution in [0.2, 0.25) is 5.02 Å². The first-order valence-corrected chi connectivity index (χ1v) is 9.84. The molecule has 7 heteroatoms. The number of rotatable bonds is 4. The number of hydrogen-bond acceptors (Lipinski definition) is 4. The summed E-state index contributed by atoms with van der Waals surface area (Å²) in [5.74, 6) is 0.540. The molecule has 1 amide bonds. The quantitative estimate of drug-likeness (QED) is 0.685. The summed E-state index contributed by atoms with van der Waals surface area (Å²) in [5.41, 5.74) is 2.76. The summed E-state index contributed by atoms with van der Waals surface area (Å²) in [6.45, 7) is 6.14. The topological polar surface area (TPSA) is 77.1 Å². The molecule has 1 aromatic carbocycles. The minimum Gasteiger partial charge on any atom is -0.455 e. The van der Waals surface area contributed by atoms with Crippen molar-refractivity contribution in [2.75, 3.05) is 0 Å². The number of benzene rings is 1. The number of nitrogens with one attached hydrogen (secondary N) is 1. The van der Waals surface area contributed by atoms with Gasteiger partial charge in [0.05, 0.1) is 17.4 Å². The second kappa shape index (κ2) is 7.19.